The molecule has 3 aromatic heterocycles. The first-order chi connectivity index (χ1) is 29.9. The number of hydrogen-bond acceptors (Lipinski definition) is 18. The largest absolute Gasteiger partial charge is 0.503 e. The lowest BCUT2D eigenvalue weighted by molar-refractivity contribution is 0.0682. The number of nitrogens with zero attached hydrogens (tertiary/aromatic N) is 10. The van der Waals surface area contributed by atoms with Crippen molar-refractivity contribution < 1.29 is 49.8 Å². The van der Waals surface area contributed by atoms with Gasteiger partial charge in [-0.1, -0.05) is 0 Å². The maximum absolute atomic E-state index is 13.5. The highest BCUT2D eigenvalue weighted by Gasteiger charge is 2.22. The molecule has 2 aromatic carbocycles. The molecule has 0 aliphatic rings. The Kier molecular flexibility index (Phi) is 13.1. The Hall–Kier alpha value is -9.59. The maximum Gasteiger partial charge on any atom is 0.350 e. The zero-order valence-corrected chi connectivity index (χ0v) is 32.3. The molecule has 0 fully saturated rings. The molecule has 26 nitrogen and oxygen atoms in total. The van der Waals surface area contributed by atoms with Gasteiger partial charge in [-0.05, 0) is 62.2 Å². The number of aromatic amines is 1. The van der Waals surface area contributed by atoms with Crippen LogP contribution < -0.4 is 27.4 Å². The zero-order chi connectivity index (χ0) is 46.3. The molecule has 0 bridgehead atoms. The molecule has 320 valence electrons. The van der Waals surface area contributed by atoms with Crippen molar-refractivity contribution in [2.45, 2.75) is 33.5 Å². The number of pyridine rings is 2. The van der Waals surface area contributed by atoms with Gasteiger partial charge in [0.05, 0.1) is 35.5 Å². The lowest BCUT2D eigenvalue weighted by Crippen LogP contribution is -2.26. The minimum atomic E-state index is -1.48. The number of carboxylic acid groups (broad SMARTS) is 4. The second-order valence-corrected chi connectivity index (χ2v) is 12.8. The minimum Gasteiger partial charge on any atom is -0.503 e. The second-order valence-electron chi connectivity index (χ2n) is 12.8. The molecule has 0 saturated carbocycles. The fraction of sp³-hybridized carbons (Fsp3) is 0.162. The van der Waals surface area contributed by atoms with E-state index >= 15 is 0 Å². The number of benzene rings is 2. The number of nitrogens with one attached hydrogen (secondary N) is 3. The molecule has 0 radical (unpaired) electrons. The summed E-state index contributed by atoms with van der Waals surface area (Å²) >= 11 is 0. The number of rotatable bonds is 16. The van der Waals surface area contributed by atoms with E-state index in [2.05, 4.69) is 50.9 Å². The highest BCUT2D eigenvalue weighted by atomic mass is 16.4. The van der Waals surface area contributed by atoms with Crippen molar-refractivity contribution in [3.05, 3.63) is 118 Å². The number of aromatic carboxylic acids is 4. The summed E-state index contributed by atoms with van der Waals surface area (Å²) < 4.78 is 1.41. The van der Waals surface area contributed by atoms with Gasteiger partial charge < -0.3 is 41.3 Å². The van der Waals surface area contributed by atoms with E-state index in [4.69, 9.17) is 6.57 Å². The average Bonchev–Trinajstić information content (AvgIpc) is 3.23. The average molecular weight is 864 g/mol. The summed E-state index contributed by atoms with van der Waals surface area (Å²) in [4.78, 5) is 99.0. The van der Waals surface area contributed by atoms with Crippen molar-refractivity contribution in [1.29, 1.82) is 5.26 Å². The standard InChI is InChI=1S/C37H29N13O13/c1-15-21(13-38)27(51)49(29(53)25(15)47-45-22-11-17(31(55)56)5-7-19(22)33(59)60)10-4-9-40-35-42-36(44-37(63)43-35)41-14-50-28(52)24(39-3)16(2)26(30(50)54)48-46-23-12-18(32(57)58)6-8-20(23)34(61)62/h5-8,11-12,51-52H,4,9-10,14H2,1-2H3,(H,55,56)(H,57,58)(H,59,60)(H,61,62)(H3,40,41,42,43,44,63). The monoisotopic (exact) mass is 863 g/mol. The minimum absolute atomic E-state index is 0.00845. The van der Waals surface area contributed by atoms with Crippen LogP contribution in [0, 0.1) is 31.8 Å². The lowest BCUT2D eigenvalue weighted by Gasteiger charge is -2.14. The summed E-state index contributed by atoms with van der Waals surface area (Å²) in [7, 11) is 0. The Morgan fingerprint density at radius 2 is 1.32 bits per heavy atom. The molecule has 0 atom stereocenters. The Labute approximate surface area is 349 Å². The van der Waals surface area contributed by atoms with Gasteiger partial charge in [0.15, 0.2) is 11.6 Å². The predicted octanol–water partition coefficient (Wildman–Crippen LogP) is 4.13. The summed E-state index contributed by atoms with van der Waals surface area (Å²) in [5.41, 5.74) is -7.37. The number of aromatic hydroxyl groups is 2. The number of carbonyl (C=O) groups is 4. The van der Waals surface area contributed by atoms with Crippen LogP contribution in [0.5, 0.6) is 11.8 Å². The number of carboxylic acids is 4. The second kappa shape index (κ2) is 18.6. The van der Waals surface area contributed by atoms with Crippen LogP contribution in [0.1, 0.15) is 64.5 Å². The first kappa shape index (κ1) is 44.5. The van der Waals surface area contributed by atoms with Crippen LogP contribution in [0.25, 0.3) is 4.85 Å². The maximum atomic E-state index is 13.5. The third kappa shape index (κ3) is 9.50. The molecule has 0 unspecified atom stereocenters. The normalized spacial score (nSPS) is 11.0. The van der Waals surface area contributed by atoms with E-state index < -0.39 is 105 Å². The van der Waals surface area contributed by atoms with Crippen molar-refractivity contribution in [2.24, 2.45) is 20.5 Å². The van der Waals surface area contributed by atoms with E-state index in [1.54, 1.807) is 6.07 Å². The van der Waals surface area contributed by atoms with Gasteiger partial charge >= 0.3 is 29.6 Å². The molecule has 5 aromatic rings. The first-order valence-corrected chi connectivity index (χ1v) is 17.6. The van der Waals surface area contributed by atoms with E-state index in [9.17, 15) is 69.5 Å². The molecule has 0 aliphatic heterocycles. The van der Waals surface area contributed by atoms with Gasteiger partial charge in [-0.3, -0.25) is 23.7 Å². The van der Waals surface area contributed by atoms with Crippen LogP contribution in [-0.2, 0) is 13.2 Å². The van der Waals surface area contributed by atoms with Crippen molar-refractivity contribution in [3.8, 4) is 17.8 Å². The van der Waals surface area contributed by atoms with Crippen molar-refractivity contribution in [2.75, 3.05) is 17.2 Å². The fourth-order valence-corrected chi connectivity index (χ4v) is 5.66. The van der Waals surface area contributed by atoms with Gasteiger partial charge in [0.2, 0.25) is 23.5 Å². The molecule has 26 heteroatoms. The van der Waals surface area contributed by atoms with Crippen LogP contribution in [0.3, 0.4) is 0 Å². The third-order valence-corrected chi connectivity index (χ3v) is 8.87. The SMILES string of the molecule is [C-]#[N+]c1c(C)c(N=Nc2cc(C(=O)O)ccc2C(=O)O)c(=O)n(CNc2nc(NCCCn3c(O)c(C#N)c(C)c(N=Nc4cc(C(=O)O)ccc4C(=O)O)c3=O)[nH]c(=O)n2)c1O. The Balaban J connectivity index is 1.35. The molecular formula is C37H29N13O13. The summed E-state index contributed by atoms with van der Waals surface area (Å²) in [5, 5.41) is 89.5. The van der Waals surface area contributed by atoms with Gasteiger partial charge in [-0.25, -0.2) is 28.8 Å². The molecule has 0 saturated heterocycles. The number of aromatic nitrogens is 5. The van der Waals surface area contributed by atoms with Crippen molar-refractivity contribution >= 4 is 64.2 Å². The Morgan fingerprint density at radius 1 is 0.778 bits per heavy atom. The van der Waals surface area contributed by atoms with E-state index in [1.165, 1.54) is 13.8 Å². The molecule has 63 heavy (non-hydrogen) atoms. The molecule has 0 aliphatic carbocycles. The smallest absolute Gasteiger partial charge is 0.350 e. The Bertz CT molecular complexity index is 3080. The molecule has 0 spiro atoms. The van der Waals surface area contributed by atoms with Crippen LogP contribution in [-0.4, -0.2) is 85.1 Å². The highest BCUT2D eigenvalue weighted by molar-refractivity contribution is 5.97. The van der Waals surface area contributed by atoms with Gasteiger partial charge in [0.1, 0.15) is 28.7 Å². The molecule has 9 N–H and O–H groups in total. The number of azo groups is 2. The van der Waals surface area contributed by atoms with E-state index in [0.29, 0.717) is 4.57 Å². The van der Waals surface area contributed by atoms with Gasteiger partial charge in [-0.15, -0.1) is 20.5 Å². The van der Waals surface area contributed by atoms with Crippen LogP contribution in [0.15, 0.2) is 71.2 Å². The number of H-pyrrole nitrogens is 1. The number of nitriles is 1. The third-order valence-electron chi connectivity index (χ3n) is 8.87. The van der Waals surface area contributed by atoms with Crippen molar-refractivity contribution in [1.82, 2.24) is 24.1 Å². The fourth-order valence-electron chi connectivity index (χ4n) is 5.66. The van der Waals surface area contributed by atoms with Crippen LogP contribution in [0.4, 0.5) is 40.3 Å². The zero-order valence-electron chi connectivity index (χ0n) is 32.3. The van der Waals surface area contributed by atoms with Gasteiger partial charge in [-0.2, -0.15) is 15.2 Å². The summed E-state index contributed by atoms with van der Waals surface area (Å²) in [6.07, 6.45) is 0.00845. The number of anilines is 2. The van der Waals surface area contributed by atoms with E-state index in [1.807, 2.05) is 0 Å². The predicted molar refractivity (Wildman–Crippen MR) is 214 cm³/mol. The molecular weight excluding hydrogens is 834 g/mol. The molecule has 0 amide bonds. The van der Waals surface area contributed by atoms with Crippen LogP contribution >= 0.6 is 0 Å². The van der Waals surface area contributed by atoms with E-state index in [-0.39, 0.29) is 53.3 Å². The van der Waals surface area contributed by atoms with Crippen molar-refractivity contribution in [3.63, 3.8) is 0 Å². The topological polar surface area (TPSA) is 394 Å². The lowest BCUT2D eigenvalue weighted by atomic mass is 10.1. The highest BCUT2D eigenvalue weighted by Crippen LogP contribution is 2.35. The first-order valence-electron chi connectivity index (χ1n) is 17.6. The summed E-state index contributed by atoms with van der Waals surface area (Å²) in [6, 6.07) is 7.62. The molecule has 5 rings (SSSR count). The quantitative estimate of drug-likeness (QED) is 0.0382. The van der Waals surface area contributed by atoms with Gasteiger partial charge in [0.25, 0.3) is 11.1 Å². The summed E-state index contributed by atoms with van der Waals surface area (Å²) in [5.74, 6) is -7.89. The number of hydrogen-bond donors (Lipinski definition) is 9. The van der Waals surface area contributed by atoms with Crippen LogP contribution in [0.2, 0.25) is 0 Å². The summed E-state index contributed by atoms with van der Waals surface area (Å²) in [6.45, 7) is 9.08. The Morgan fingerprint density at radius 3 is 1.83 bits per heavy atom. The molecule has 3 heterocycles. The van der Waals surface area contributed by atoms with Gasteiger partial charge in [0, 0.05) is 18.7 Å². The van der Waals surface area contributed by atoms with E-state index in [0.717, 1.165) is 41.0 Å².